The Morgan fingerprint density at radius 2 is 2.00 bits per heavy atom. The second kappa shape index (κ2) is 8.35. The number of likely N-dealkylation sites (tertiary alicyclic amines) is 1. The van der Waals surface area contributed by atoms with Crippen molar-refractivity contribution in [1.29, 1.82) is 0 Å². The number of fused-ring (bicyclic) bond motifs is 2. The Morgan fingerprint density at radius 3 is 2.88 bits per heavy atom. The SMILES string of the molecule is CN1CCC(n2cc(C(=O)Nc3cc4nc(-c5cncc6[nH]ccc56)ccc4cn3)cn2)CC1. The van der Waals surface area contributed by atoms with Crippen LogP contribution in [0, 0.1) is 0 Å². The molecule has 5 aromatic rings. The zero-order valence-corrected chi connectivity index (χ0v) is 18.8. The normalized spacial score (nSPS) is 15.2. The number of anilines is 1. The van der Waals surface area contributed by atoms with Crippen molar-refractivity contribution in [3.8, 4) is 11.3 Å². The van der Waals surface area contributed by atoms with E-state index >= 15 is 0 Å². The number of aromatic amines is 1. The highest BCUT2D eigenvalue weighted by Crippen LogP contribution is 2.28. The first-order chi connectivity index (χ1) is 16.6. The minimum atomic E-state index is -0.233. The summed E-state index contributed by atoms with van der Waals surface area (Å²) in [4.78, 5) is 31.9. The van der Waals surface area contributed by atoms with E-state index in [1.54, 1.807) is 24.7 Å². The second-order valence-electron chi connectivity index (χ2n) is 8.78. The van der Waals surface area contributed by atoms with Gasteiger partial charge < -0.3 is 15.2 Å². The molecule has 1 saturated heterocycles. The van der Waals surface area contributed by atoms with Gasteiger partial charge in [-0.15, -0.1) is 0 Å². The van der Waals surface area contributed by atoms with Gasteiger partial charge in [0.2, 0.25) is 0 Å². The third-order valence-corrected chi connectivity index (χ3v) is 6.49. The molecule has 6 heterocycles. The third-order valence-electron chi connectivity index (χ3n) is 6.49. The summed E-state index contributed by atoms with van der Waals surface area (Å²) in [5, 5.41) is 9.28. The standard InChI is InChI=1S/C25H24N8O/c1-32-8-5-18(6-9-32)33-15-17(12-29-33)25(34)31-24-10-22-16(11-28-24)2-3-21(30-22)20-13-26-14-23-19(20)4-7-27-23/h2-4,7,10-15,18,27H,5-6,8-9H2,1H3,(H,28,31,34). The number of carbonyl (C=O) groups excluding carboxylic acids is 1. The number of amides is 1. The summed E-state index contributed by atoms with van der Waals surface area (Å²) in [7, 11) is 2.13. The fourth-order valence-electron chi connectivity index (χ4n) is 4.52. The molecule has 5 aromatic heterocycles. The largest absolute Gasteiger partial charge is 0.360 e. The average molecular weight is 453 g/mol. The van der Waals surface area contributed by atoms with E-state index in [0.29, 0.717) is 17.4 Å². The van der Waals surface area contributed by atoms with Crippen LogP contribution >= 0.6 is 0 Å². The quantitative estimate of drug-likeness (QED) is 0.429. The maximum atomic E-state index is 12.9. The smallest absolute Gasteiger partial charge is 0.260 e. The highest BCUT2D eigenvalue weighted by Gasteiger charge is 2.20. The molecule has 6 rings (SSSR count). The Labute approximate surface area is 195 Å². The van der Waals surface area contributed by atoms with Gasteiger partial charge in [-0.1, -0.05) is 0 Å². The van der Waals surface area contributed by atoms with Crippen LogP contribution in [0.1, 0.15) is 29.2 Å². The van der Waals surface area contributed by atoms with Gasteiger partial charge in [-0.3, -0.25) is 14.5 Å². The molecule has 0 aromatic carbocycles. The van der Waals surface area contributed by atoms with E-state index in [-0.39, 0.29) is 5.91 Å². The van der Waals surface area contributed by atoms with Crippen LogP contribution in [-0.2, 0) is 0 Å². The van der Waals surface area contributed by atoms with Crippen LogP contribution in [0.5, 0.6) is 0 Å². The van der Waals surface area contributed by atoms with Crippen molar-refractivity contribution in [2.75, 3.05) is 25.5 Å². The molecule has 9 heteroatoms. The van der Waals surface area contributed by atoms with Crippen LogP contribution in [-0.4, -0.2) is 60.7 Å². The van der Waals surface area contributed by atoms with E-state index in [0.717, 1.165) is 59.0 Å². The van der Waals surface area contributed by atoms with Crippen LogP contribution < -0.4 is 5.32 Å². The molecular weight excluding hydrogens is 428 g/mol. The molecule has 0 bridgehead atoms. The maximum absolute atomic E-state index is 12.9. The highest BCUT2D eigenvalue weighted by atomic mass is 16.1. The zero-order valence-electron chi connectivity index (χ0n) is 18.8. The molecule has 1 aliphatic heterocycles. The minimum absolute atomic E-state index is 0.233. The first-order valence-electron chi connectivity index (χ1n) is 11.4. The van der Waals surface area contributed by atoms with Crippen LogP contribution in [0.25, 0.3) is 33.1 Å². The van der Waals surface area contributed by atoms with Gasteiger partial charge in [0.05, 0.1) is 40.7 Å². The molecule has 0 saturated carbocycles. The highest BCUT2D eigenvalue weighted by molar-refractivity contribution is 6.04. The Bertz CT molecular complexity index is 1500. The number of rotatable bonds is 4. The fraction of sp³-hybridized carbons (Fsp3) is 0.240. The first-order valence-corrected chi connectivity index (χ1v) is 11.4. The number of hydrogen-bond donors (Lipinski definition) is 2. The van der Waals surface area contributed by atoms with Crippen molar-refractivity contribution in [3.05, 3.63) is 67.0 Å². The van der Waals surface area contributed by atoms with Gasteiger partial charge in [-0.2, -0.15) is 5.10 Å². The van der Waals surface area contributed by atoms with E-state index in [4.69, 9.17) is 4.98 Å². The van der Waals surface area contributed by atoms with Crippen LogP contribution in [0.2, 0.25) is 0 Å². The summed E-state index contributed by atoms with van der Waals surface area (Å²) in [6, 6.07) is 8.08. The predicted octanol–water partition coefficient (Wildman–Crippen LogP) is 3.89. The number of aromatic nitrogens is 6. The molecule has 0 atom stereocenters. The van der Waals surface area contributed by atoms with E-state index < -0.39 is 0 Å². The van der Waals surface area contributed by atoms with Gasteiger partial charge in [0.1, 0.15) is 5.82 Å². The summed E-state index contributed by atoms with van der Waals surface area (Å²) in [6.45, 7) is 2.08. The van der Waals surface area contributed by atoms with Crippen LogP contribution in [0.4, 0.5) is 5.82 Å². The number of piperidine rings is 1. The average Bonchev–Trinajstić information content (AvgIpc) is 3.54. The summed E-state index contributed by atoms with van der Waals surface area (Å²) in [6.07, 6.45) is 12.7. The number of pyridine rings is 3. The summed E-state index contributed by atoms with van der Waals surface area (Å²) < 4.78 is 1.92. The number of nitrogens with zero attached hydrogens (tertiary/aromatic N) is 6. The molecule has 0 unspecified atom stereocenters. The number of H-pyrrole nitrogens is 1. The lowest BCUT2D eigenvalue weighted by atomic mass is 10.1. The summed E-state index contributed by atoms with van der Waals surface area (Å²) in [5.74, 6) is 0.218. The predicted molar refractivity (Wildman–Crippen MR) is 131 cm³/mol. The number of carbonyl (C=O) groups is 1. The minimum Gasteiger partial charge on any atom is -0.360 e. The molecule has 0 aliphatic carbocycles. The van der Waals surface area contributed by atoms with Gasteiger partial charge in [0.15, 0.2) is 0 Å². The topological polar surface area (TPSA) is 105 Å². The molecule has 1 aliphatic rings. The lowest BCUT2D eigenvalue weighted by Gasteiger charge is -2.28. The Hall–Kier alpha value is -4.11. The molecule has 34 heavy (non-hydrogen) atoms. The van der Waals surface area contributed by atoms with Crippen molar-refractivity contribution >= 4 is 33.5 Å². The van der Waals surface area contributed by atoms with Crippen molar-refractivity contribution in [3.63, 3.8) is 0 Å². The monoisotopic (exact) mass is 452 g/mol. The Morgan fingerprint density at radius 1 is 1.12 bits per heavy atom. The summed E-state index contributed by atoms with van der Waals surface area (Å²) in [5.41, 5.74) is 3.99. The second-order valence-corrected chi connectivity index (χ2v) is 8.78. The van der Waals surface area contributed by atoms with E-state index in [2.05, 4.69) is 37.3 Å². The zero-order chi connectivity index (χ0) is 23.1. The fourth-order valence-corrected chi connectivity index (χ4v) is 4.52. The molecule has 0 radical (unpaired) electrons. The first kappa shape index (κ1) is 20.5. The molecule has 170 valence electrons. The van der Waals surface area contributed by atoms with Crippen LogP contribution in [0.15, 0.2) is 61.4 Å². The molecule has 1 fully saturated rings. The van der Waals surface area contributed by atoms with Gasteiger partial charge in [-0.25, -0.2) is 9.97 Å². The lowest BCUT2D eigenvalue weighted by molar-refractivity contribution is 0.102. The van der Waals surface area contributed by atoms with Crippen LogP contribution in [0.3, 0.4) is 0 Å². The maximum Gasteiger partial charge on any atom is 0.260 e. The number of hydrogen-bond acceptors (Lipinski definition) is 6. The molecule has 0 spiro atoms. The van der Waals surface area contributed by atoms with E-state index in [1.807, 2.05) is 41.5 Å². The molecule has 1 amide bonds. The van der Waals surface area contributed by atoms with Crippen molar-refractivity contribution in [1.82, 2.24) is 34.6 Å². The van der Waals surface area contributed by atoms with Gasteiger partial charge in [0.25, 0.3) is 5.91 Å². The van der Waals surface area contributed by atoms with Crippen molar-refractivity contribution in [2.45, 2.75) is 18.9 Å². The summed E-state index contributed by atoms with van der Waals surface area (Å²) >= 11 is 0. The third kappa shape index (κ3) is 3.80. The van der Waals surface area contributed by atoms with Gasteiger partial charge >= 0.3 is 0 Å². The molecule has 2 N–H and O–H groups in total. The Kier molecular flexibility index (Phi) is 5.03. The number of nitrogens with one attached hydrogen (secondary N) is 2. The van der Waals surface area contributed by atoms with Crippen molar-refractivity contribution in [2.24, 2.45) is 0 Å². The van der Waals surface area contributed by atoms with Gasteiger partial charge in [-0.05, 0) is 51.2 Å². The lowest BCUT2D eigenvalue weighted by Crippen LogP contribution is -2.31. The van der Waals surface area contributed by atoms with E-state index in [1.165, 1.54) is 0 Å². The van der Waals surface area contributed by atoms with Crippen molar-refractivity contribution < 1.29 is 4.79 Å². The van der Waals surface area contributed by atoms with Gasteiger partial charge in [0, 0.05) is 47.2 Å². The molecular formula is C25H24N8O. The Balaban J connectivity index is 1.24. The van der Waals surface area contributed by atoms with E-state index in [9.17, 15) is 4.79 Å². The molecule has 9 nitrogen and oxygen atoms in total.